The minimum atomic E-state index is -3.62. The van der Waals surface area contributed by atoms with Crippen molar-refractivity contribution < 1.29 is 23.8 Å². The van der Waals surface area contributed by atoms with Crippen molar-refractivity contribution in [3.63, 3.8) is 0 Å². The number of rotatable bonds is 3. The molecule has 6 heteroatoms. The third kappa shape index (κ3) is 2.21. The maximum absolute atomic E-state index is 12.3. The van der Waals surface area contributed by atoms with E-state index in [1.54, 1.807) is 18.2 Å². The summed E-state index contributed by atoms with van der Waals surface area (Å²) in [5.74, 6) is -0.291. The summed E-state index contributed by atoms with van der Waals surface area (Å²) in [4.78, 5) is 0. The van der Waals surface area contributed by atoms with Crippen molar-refractivity contribution >= 4 is 23.7 Å². The summed E-state index contributed by atoms with van der Waals surface area (Å²) >= 11 is 0. The molecule has 102 valence electrons. The van der Waals surface area contributed by atoms with Gasteiger partial charge >= 0.3 is 7.60 Å². The highest BCUT2D eigenvalue weighted by molar-refractivity contribution is 7.62. The van der Waals surface area contributed by atoms with E-state index in [1.807, 2.05) is 6.92 Å². The molecule has 0 aliphatic carbocycles. The second-order valence-corrected chi connectivity index (χ2v) is 6.38. The van der Waals surface area contributed by atoms with Crippen molar-refractivity contribution in [2.75, 3.05) is 14.2 Å². The fourth-order valence-corrected chi connectivity index (χ4v) is 3.17. The molecule has 0 unspecified atom stereocenters. The number of fused-ring (bicyclic) bond motifs is 1. The predicted octanol–water partition coefficient (Wildman–Crippen LogP) is 2.67. The Hall–Kier alpha value is -1.55. The second-order valence-electron chi connectivity index (χ2n) is 4.18. The fourth-order valence-electron chi connectivity index (χ4n) is 1.97. The van der Waals surface area contributed by atoms with E-state index in [0.717, 1.165) is 5.56 Å². The van der Waals surface area contributed by atoms with Crippen LogP contribution in [0, 0.1) is 6.92 Å². The molecule has 5 nitrogen and oxygen atoms in total. The average molecular weight is 282 g/mol. The summed E-state index contributed by atoms with van der Waals surface area (Å²) in [6.45, 7) is 1.87. The first-order valence-corrected chi connectivity index (χ1v) is 7.14. The lowest BCUT2D eigenvalue weighted by Gasteiger charge is -2.17. The molecule has 0 radical (unpaired) electrons. The second kappa shape index (κ2) is 4.85. The summed E-state index contributed by atoms with van der Waals surface area (Å²) in [6.07, 6.45) is 0. The summed E-state index contributed by atoms with van der Waals surface area (Å²) < 4.78 is 22.0. The number of aromatic hydroxyl groups is 2. The SMILES string of the molecule is COP(=O)(OC)c1cc(O)c2cc(C)ccc2c1O. The summed E-state index contributed by atoms with van der Waals surface area (Å²) in [5, 5.41) is 21.1. The van der Waals surface area contributed by atoms with E-state index < -0.39 is 7.60 Å². The third-order valence-corrected chi connectivity index (χ3v) is 4.89. The number of phenolic OH excluding ortho intramolecular Hbond substituents is 2. The molecule has 0 atom stereocenters. The van der Waals surface area contributed by atoms with E-state index in [0.29, 0.717) is 10.8 Å². The number of aryl methyl sites for hydroxylation is 1. The molecule has 0 bridgehead atoms. The van der Waals surface area contributed by atoms with Crippen molar-refractivity contribution in [1.29, 1.82) is 0 Å². The van der Waals surface area contributed by atoms with Crippen molar-refractivity contribution in [1.82, 2.24) is 0 Å². The molecule has 0 fully saturated rings. The van der Waals surface area contributed by atoms with Crippen molar-refractivity contribution in [2.24, 2.45) is 0 Å². The Morgan fingerprint density at radius 3 is 2.26 bits per heavy atom. The number of benzene rings is 2. The molecule has 0 amide bonds. The van der Waals surface area contributed by atoms with Gasteiger partial charge in [-0.3, -0.25) is 4.57 Å². The van der Waals surface area contributed by atoms with Gasteiger partial charge in [0.25, 0.3) is 0 Å². The van der Waals surface area contributed by atoms with Gasteiger partial charge in [-0.2, -0.15) is 0 Å². The largest absolute Gasteiger partial charge is 0.507 e. The Morgan fingerprint density at radius 1 is 1.05 bits per heavy atom. The maximum atomic E-state index is 12.3. The highest BCUT2D eigenvalue weighted by Gasteiger charge is 2.30. The average Bonchev–Trinajstić information content (AvgIpc) is 2.42. The van der Waals surface area contributed by atoms with Gasteiger partial charge in [0.1, 0.15) is 16.8 Å². The highest BCUT2D eigenvalue weighted by atomic mass is 31.2. The number of hydrogen-bond acceptors (Lipinski definition) is 5. The van der Waals surface area contributed by atoms with E-state index in [1.165, 1.54) is 20.3 Å². The van der Waals surface area contributed by atoms with Crippen LogP contribution in [0.4, 0.5) is 0 Å². The molecule has 0 aromatic heterocycles. The quantitative estimate of drug-likeness (QED) is 0.668. The first kappa shape index (κ1) is 13.9. The van der Waals surface area contributed by atoms with Gasteiger partial charge in [-0.15, -0.1) is 0 Å². The van der Waals surface area contributed by atoms with Crippen LogP contribution in [0.2, 0.25) is 0 Å². The topological polar surface area (TPSA) is 76.0 Å². The van der Waals surface area contributed by atoms with Gasteiger partial charge in [-0.25, -0.2) is 0 Å². The lowest BCUT2D eigenvalue weighted by molar-refractivity contribution is 0.286. The zero-order valence-corrected chi connectivity index (χ0v) is 11.8. The minimum Gasteiger partial charge on any atom is -0.507 e. The molecule has 2 N–H and O–H groups in total. The molecule has 0 spiro atoms. The van der Waals surface area contributed by atoms with Crippen LogP contribution in [0.25, 0.3) is 10.8 Å². The van der Waals surface area contributed by atoms with E-state index >= 15 is 0 Å². The van der Waals surface area contributed by atoms with Crippen LogP contribution in [0.15, 0.2) is 24.3 Å². The number of hydrogen-bond donors (Lipinski definition) is 2. The summed E-state index contributed by atoms with van der Waals surface area (Å²) in [5.41, 5.74) is 0.941. The van der Waals surface area contributed by atoms with Crippen molar-refractivity contribution in [3.8, 4) is 11.5 Å². The van der Waals surface area contributed by atoms with Crippen LogP contribution in [0.1, 0.15) is 5.56 Å². The first-order valence-electron chi connectivity index (χ1n) is 5.60. The van der Waals surface area contributed by atoms with Gasteiger partial charge < -0.3 is 19.3 Å². The van der Waals surface area contributed by atoms with E-state index in [-0.39, 0.29) is 16.8 Å². The van der Waals surface area contributed by atoms with Crippen molar-refractivity contribution in [2.45, 2.75) is 6.92 Å². The third-order valence-electron chi connectivity index (χ3n) is 3.00. The standard InChI is InChI=1S/C13H15O5P/c1-8-4-5-9-10(6-8)11(14)7-12(13(9)15)19(16,17-2)18-3/h4-7,14-15H,1-3H3. The van der Waals surface area contributed by atoms with Crippen LogP contribution < -0.4 is 5.30 Å². The molecular weight excluding hydrogens is 267 g/mol. The maximum Gasteiger partial charge on any atom is 0.364 e. The highest BCUT2D eigenvalue weighted by Crippen LogP contribution is 2.50. The van der Waals surface area contributed by atoms with Gasteiger partial charge in [-0.1, -0.05) is 17.7 Å². The van der Waals surface area contributed by atoms with Gasteiger partial charge in [-0.05, 0) is 19.1 Å². The molecule has 2 aromatic carbocycles. The van der Waals surface area contributed by atoms with Crippen LogP contribution in [0.5, 0.6) is 11.5 Å². The van der Waals surface area contributed by atoms with E-state index in [9.17, 15) is 14.8 Å². The monoisotopic (exact) mass is 282 g/mol. The Labute approximate surface area is 110 Å². The smallest absolute Gasteiger partial charge is 0.364 e. The molecule has 0 heterocycles. The molecular formula is C13H15O5P. The Morgan fingerprint density at radius 2 is 1.68 bits per heavy atom. The molecule has 0 aliphatic rings. The zero-order chi connectivity index (χ0) is 14.2. The Bertz CT molecular complexity index is 672. The zero-order valence-electron chi connectivity index (χ0n) is 10.9. The van der Waals surface area contributed by atoms with Crippen LogP contribution in [-0.4, -0.2) is 24.4 Å². The molecule has 0 aliphatic heterocycles. The lowest BCUT2D eigenvalue weighted by Crippen LogP contribution is -2.09. The van der Waals surface area contributed by atoms with Gasteiger partial charge in [0, 0.05) is 25.0 Å². The van der Waals surface area contributed by atoms with Crippen LogP contribution in [-0.2, 0) is 13.6 Å². The first-order chi connectivity index (χ1) is 8.92. The van der Waals surface area contributed by atoms with Crippen LogP contribution in [0.3, 0.4) is 0 Å². The normalized spacial score (nSPS) is 11.9. The van der Waals surface area contributed by atoms with E-state index in [2.05, 4.69) is 0 Å². The number of phenols is 2. The summed E-state index contributed by atoms with van der Waals surface area (Å²) in [7, 11) is -1.18. The van der Waals surface area contributed by atoms with Crippen LogP contribution >= 0.6 is 7.60 Å². The minimum absolute atomic E-state index is 0.0497. The molecule has 2 aromatic rings. The van der Waals surface area contributed by atoms with Crippen molar-refractivity contribution in [3.05, 3.63) is 29.8 Å². The lowest BCUT2D eigenvalue weighted by atomic mass is 10.1. The molecule has 19 heavy (non-hydrogen) atoms. The summed E-state index contributed by atoms with van der Waals surface area (Å²) in [6, 6.07) is 6.39. The van der Waals surface area contributed by atoms with Gasteiger partial charge in [0.15, 0.2) is 0 Å². The fraction of sp³-hybridized carbons (Fsp3) is 0.231. The Kier molecular flexibility index (Phi) is 3.54. The Balaban J connectivity index is 2.83. The molecule has 0 saturated heterocycles. The molecule has 0 saturated carbocycles. The van der Waals surface area contributed by atoms with Gasteiger partial charge in [0.05, 0.1) is 0 Å². The predicted molar refractivity (Wildman–Crippen MR) is 73.3 cm³/mol. The van der Waals surface area contributed by atoms with Gasteiger partial charge in [0.2, 0.25) is 0 Å². The molecule has 2 rings (SSSR count). The van der Waals surface area contributed by atoms with E-state index in [4.69, 9.17) is 9.05 Å².